The van der Waals surface area contributed by atoms with E-state index in [9.17, 15) is 8.42 Å². The van der Waals surface area contributed by atoms with E-state index >= 15 is 0 Å². The smallest absolute Gasteiger partial charge is 0.240 e. The van der Waals surface area contributed by atoms with Gasteiger partial charge in [0.05, 0.1) is 4.90 Å². The zero-order valence-corrected chi connectivity index (χ0v) is 17.3. The molecule has 0 radical (unpaired) electrons. The molecule has 0 amide bonds. The third-order valence-electron chi connectivity index (χ3n) is 4.52. The van der Waals surface area contributed by atoms with E-state index in [-0.39, 0.29) is 6.04 Å². The Bertz CT molecular complexity index is 844. The van der Waals surface area contributed by atoms with Crippen molar-refractivity contribution in [3.63, 3.8) is 0 Å². The van der Waals surface area contributed by atoms with Gasteiger partial charge in [0.1, 0.15) is 0 Å². The number of nitrogens with one attached hydrogen (secondary N) is 1. The first-order chi connectivity index (χ1) is 12.1. The molecule has 2 rings (SSSR count). The van der Waals surface area contributed by atoms with Gasteiger partial charge in [0.25, 0.3) is 0 Å². The lowest BCUT2D eigenvalue weighted by molar-refractivity contribution is 0.299. The quantitative estimate of drug-likeness (QED) is 0.808. The summed E-state index contributed by atoms with van der Waals surface area (Å²) in [6.07, 6.45) is 0. The number of hydrogen-bond donors (Lipinski definition) is 1. The number of hydrogen-bond acceptors (Lipinski definition) is 4. The van der Waals surface area contributed by atoms with Gasteiger partial charge in [-0.2, -0.15) is 0 Å². The Labute approximate surface area is 157 Å². The van der Waals surface area contributed by atoms with Crippen molar-refractivity contribution in [2.45, 2.75) is 24.8 Å². The number of likely N-dealkylation sites (N-methyl/N-ethyl adjacent to an activating group) is 1. The Kier molecular flexibility index (Phi) is 6.44. The fraction of sp³-hybridized carbons (Fsp3) is 0.400. The van der Waals surface area contributed by atoms with E-state index in [1.807, 2.05) is 88.2 Å². The van der Waals surface area contributed by atoms with Crippen LogP contribution in [0.15, 0.2) is 47.4 Å². The Morgan fingerprint density at radius 3 is 2.12 bits per heavy atom. The van der Waals surface area contributed by atoms with Crippen LogP contribution in [0.4, 0.5) is 5.69 Å². The van der Waals surface area contributed by atoms with E-state index in [2.05, 4.69) is 4.72 Å². The molecule has 0 saturated heterocycles. The molecule has 1 atom stereocenters. The topological polar surface area (TPSA) is 52.7 Å². The molecule has 0 aromatic heterocycles. The van der Waals surface area contributed by atoms with E-state index in [0.29, 0.717) is 11.4 Å². The summed E-state index contributed by atoms with van der Waals surface area (Å²) >= 11 is 0. The normalized spacial score (nSPS) is 13.0. The molecular weight excluding hydrogens is 346 g/mol. The Morgan fingerprint density at radius 2 is 1.58 bits per heavy atom. The molecule has 0 aliphatic rings. The average molecular weight is 376 g/mol. The van der Waals surface area contributed by atoms with E-state index in [1.54, 1.807) is 6.07 Å². The standard InChI is InChI=1S/C20H29N3O2S/c1-15-7-8-16(2)20(13-15)26(24,25)21-14-19(23(5)6)17-9-11-18(12-10-17)22(3)4/h7-13,19,21H,14H2,1-6H3/t19-/m1/s1. The molecule has 1 N–H and O–H groups in total. The van der Waals surface area contributed by atoms with Crippen molar-refractivity contribution in [2.75, 3.05) is 39.6 Å². The molecule has 0 fully saturated rings. The number of rotatable bonds is 7. The zero-order chi connectivity index (χ0) is 19.5. The summed E-state index contributed by atoms with van der Waals surface area (Å²) < 4.78 is 28.3. The highest BCUT2D eigenvalue weighted by Gasteiger charge is 2.21. The molecule has 2 aromatic rings. The highest BCUT2D eigenvalue weighted by atomic mass is 32.2. The fourth-order valence-corrected chi connectivity index (χ4v) is 4.22. The summed E-state index contributed by atoms with van der Waals surface area (Å²) in [5, 5.41) is 0. The molecule has 0 saturated carbocycles. The first kappa shape index (κ1) is 20.4. The lowest BCUT2D eigenvalue weighted by atomic mass is 10.1. The van der Waals surface area contributed by atoms with Crippen LogP contribution in [-0.4, -0.2) is 48.1 Å². The predicted molar refractivity (Wildman–Crippen MR) is 108 cm³/mol. The zero-order valence-electron chi connectivity index (χ0n) is 16.4. The van der Waals surface area contributed by atoms with E-state index < -0.39 is 10.0 Å². The number of benzene rings is 2. The maximum absolute atomic E-state index is 12.8. The molecule has 0 heterocycles. The first-order valence-electron chi connectivity index (χ1n) is 8.62. The minimum atomic E-state index is -3.56. The monoisotopic (exact) mass is 375 g/mol. The van der Waals surface area contributed by atoms with Crippen LogP contribution in [0.1, 0.15) is 22.7 Å². The van der Waals surface area contributed by atoms with Crippen LogP contribution in [0.3, 0.4) is 0 Å². The Morgan fingerprint density at radius 1 is 0.962 bits per heavy atom. The van der Waals surface area contributed by atoms with Crippen LogP contribution in [0.25, 0.3) is 0 Å². The summed E-state index contributed by atoms with van der Waals surface area (Å²) in [4.78, 5) is 4.41. The number of aryl methyl sites for hydroxylation is 2. The summed E-state index contributed by atoms with van der Waals surface area (Å²) in [5.74, 6) is 0. The highest BCUT2D eigenvalue weighted by Crippen LogP contribution is 2.22. The lowest BCUT2D eigenvalue weighted by Gasteiger charge is -2.26. The van der Waals surface area contributed by atoms with E-state index in [0.717, 1.165) is 22.4 Å². The molecule has 5 nitrogen and oxygen atoms in total. The third kappa shape index (κ3) is 4.84. The minimum Gasteiger partial charge on any atom is -0.378 e. The van der Waals surface area contributed by atoms with E-state index in [4.69, 9.17) is 0 Å². The number of anilines is 1. The molecule has 0 unspecified atom stereocenters. The molecule has 2 aromatic carbocycles. The van der Waals surface area contributed by atoms with Gasteiger partial charge in [0.15, 0.2) is 0 Å². The van der Waals surface area contributed by atoms with Crippen molar-refractivity contribution in [1.82, 2.24) is 9.62 Å². The van der Waals surface area contributed by atoms with Crippen LogP contribution in [0.2, 0.25) is 0 Å². The van der Waals surface area contributed by atoms with Crippen LogP contribution in [0, 0.1) is 13.8 Å². The van der Waals surface area contributed by atoms with Crippen molar-refractivity contribution in [3.05, 3.63) is 59.2 Å². The highest BCUT2D eigenvalue weighted by molar-refractivity contribution is 7.89. The van der Waals surface area contributed by atoms with Crippen molar-refractivity contribution in [2.24, 2.45) is 0 Å². The molecule has 6 heteroatoms. The molecule has 0 bridgehead atoms. The van der Waals surface area contributed by atoms with Gasteiger partial charge in [-0.05, 0) is 62.8 Å². The molecule has 26 heavy (non-hydrogen) atoms. The largest absolute Gasteiger partial charge is 0.378 e. The van der Waals surface area contributed by atoms with Gasteiger partial charge in [-0.25, -0.2) is 13.1 Å². The van der Waals surface area contributed by atoms with Gasteiger partial charge >= 0.3 is 0 Å². The van der Waals surface area contributed by atoms with Gasteiger partial charge in [0, 0.05) is 32.4 Å². The molecule has 0 spiro atoms. The van der Waals surface area contributed by atoms with Gasteiger partial charge in [-0.3, -0.25) is 0 Å². The Balaban J connectivity index is 2.21. The third-order valence-corrected chi connectivity index (χ3v) is 6.08. The summed E-state index contributed by atoms with van der Waals surface area (Å²) in [7, 11) is 4.35. The molecule has 0 aliphatic carbocycles. The number of sulfonamides is 1. The maximum atomic E-state index is 12.8. The fourth-order valence-electron chi connectivity index (χ4n) is 2.86. The second-order valence-corrected chi connectivity index (χ2v) is 8.82. The average Bonchev–Trinajstić information content (AvgIpc) is 2.57. The SMILES string of the molecule is Cc1ccc(C)c(S(=O)(=O)NC[C@H](c2ccc(N(C)C)cc2)N(C)C)c1. The molecule has 142 valence electrons. The maximum Gasteiger partial charge on any atom is 0.240 e. The second kappa shape index (κ2) is 8.20. The van der Waals surface area contributed by atoms with Crippen molar-refractivity contribution < 1.29 is 8.42 Å². The summed E-state index contributed by atoms with van der Waals surface area (Å²) in [6.45, 7) is 4.02. The van der Waals surface area contributed by atoms with Crippen molar-refractivity contribution in [1.29, 1.82) is 0 Å². The van der Waals surface area contributed by atoms with Crippen LogP contribution < -0.4 is 9.62 Å². The van der Waals surface area contributed by atoms with Gasteiger partial charge in [-0.15, -0.1) is 0 Å². The van der Waals surface area contributed by atoms with Crippen LogP contribution in [0.5, 0.6) is 0 Å². The van der Waals surface area contributed by atoms with Gasteiger partial charge < -0.3 is 9.80 Å². The first-order valence-corrected chi connectivity index (χ1v) is 10.1. The van der Waals surface area contributed by atoms with Crippen molar-refractivity contribution in [3.8, 4) is 0 Å². The van der Waals surface area contributed by atoms with Crippen LogP contribution >= 0.6 is 0 Å². The second-order valence-electron chi connectivity index (χ2n) is 7.09. The van der Waals surface area contributed by atoms with E-state index in [1.165, 1.54) is 0 Å². The van der Waals surface area contributed by atoms with Crippen molar-refractivity contribution >= 4 is 15.7 Å². The molecular formula is C20H29N3O2S. The van der Waals surface area contributed by atoms with Gasteiger partial charge in [-0.1, -0.05) is 24.3 Å². The lowest BCUT2D eigenvalue weighted by Crippen LogP contribution is -2.34. The Hall–Kier alpha value is -1.89. The van der Waals surface area contributed by atoms with Gasteiger partial charge in [0.2, 0.25) is 10.0 Å². The van der Waals surface area contributed by atoms with Crippen LogP contribution in [-0.2, 0) is 10.0 Å². The summed E-state index contributed by atoms with van der Waals surface area (Å²) in [5.41, 5.74) is 3.87. The summed E-state index contributed by atoms with van der Waals surface area (Å²) in [6, 6.07) is 13.6. The predicted octanol–water partition coefficient (Wildman–Crippen LogP) is 2.95. The molecule has 0 aliphatic heterocycles. The number of nitrogens with zero attached hydrogens (tertiary/aromatic N) is 2. The minimum absolute atomic E-state index is 0.0499.